The molecule has 0 aromatic carbocycles. The number of alkyl halides is 2. The lowest BCUT2D eigenvalue weighted by atomic mass is 10.4. The summed E-state index contributed by atoms with van der Waals surface area (Å²) in [5.41, 5.74) is 0.406. The van der Waals surface area contributed by atoms with Gasteiger partial charge in [0.1, 0.15) is 12.0 Å². The van der Waals surface area contributed by atoms with Crippen molar-refractivity contribution in [1.29, 1.82) is 0 Å². The zero-order valence-corrected chi connectivity index (χ0v) is 5.96. The van der Waals surface area contributed by atoms with Gasteiger partial charge in [0.15, 0.2) is 0 Å². The molecule has 0 aliphatic heterocycles. The zero-order chi connectivity index (χ0) is 8.97. The number of hydrogen-bond acceptors (Lipinski definition) is 3. The predicted molar refractivity (Wildman–Crippen MR) is 34.4 cm³/mol. The lowest BCUT2D eigenvalue weighted by molar-refractivity contribution is -0.131. The van der Waals surface area contributed by atoms with Crippen LogP contribution in [-0.4, -0.2) is 17.5 Å². The number of nitrogens with zero attached hydrogens (tertiary/aromatic N) is 1. The van der Waals surface area contributed by atoms with Crippen LogP contribution in [0.2, 0.25) is 0 Å². The first-order valence-corrected chi connectivity index (χ1v) is 3.15. The van der Waals surface area contributed by atoms with Crippen LogP contribution in [0.5, 0.6) is 0 Å². The van der Waals surface area contributed by atoms with Gasteiger partial charge in [-0.3, -0.25) is 4.79 Å². The van der Waals surface area contributed by atoms with Crippen LogP contribution in [0.3, 0.4) is 0 Å². The van der Waals surface area contributed by atoms with Crippen molar-refractivity contribution in [2.75, 3.05) is 0 Å². The first-order valence-electron chi connectivity index (χ1n) is 3.15. The molecule has 1 N–H and O–H groups in total. The summed E-state index contributed by atoms with van der Waals surface area (Å²) in [6.07, 6.45) is -1.69. The van der Waals surface area contributed by atoms with E-state index in [2.05, 4.69) is 9.68 Å². The van der Waals surface area contributed by atoms with Crippen LogP contribution < -0.4 is 5.32 Å². The minimum absolute atomic E-state index is 0.0420. The summed E-state index contributed by atoms with van der Waals surface area (Å²) in [4.78, 5) is 10.3. The van der Waals surface area contributed by atoms with Crippen molar-refractivity contribution in [3.63, 3.8) is 0 Å². The molecule has 0 aliphatic carbocycles. The van der Waals surface area contributed by atoms with E-state index >= 15 is 0 Å². The van der Waals surface area contributed by atoms with Gasteiger partial charge >= 0.3 is 6.43 Å². The number of carbonyl (C=O) groups is 1. The number of nitrogens with one attached hydrogen (secondary N) is 1. The lowest BCUT2D eigenvalue weighted by Crippen LogP contribution is -2.28. The topological polar surface area (TPSA) is 55.1 Å². The van der Waals surface area contributed by atoms with Crippen LogP contribution in [0.4, 0.5) is 8.78 Å². The molecular formula is C6H6F2N2O2. The fourth-order valence-corrected chi connectivity index (χ4v) is 0.584. The van der Waals surface area contributed by atoms with Gasteiger partial charge in [0.25, 0.3) is 5.91 Å². The Balaban J connectivity index is 2.32. The van der Waals surface area contributed by atoms with Gasteiger partial charge in [-0.2, -0.15) is 8.78 Å². The first kappa shape index (κ1) is 8.63. The van der Waals surface area contributed by atoms with Crippen LogP contribution >= 0.6 is 0 Å². The molecule has 6 heteroatoms. The fraction of sp³-hybridized carbons (Fsp3) is 0.333. The summed E-state index contributed by atoms with van der Waals surface area (Å²) in [7, 11) is 0. The number of aromatic nitrogens is 1. The van der Waals surface area contributed by atoms with E-state index < -0.39 is 12.3 Å². The SMILES string of the molecule is O=C(NCc1ccon1)C(F)F. The van der Waals surface area contributed by atoms with Crippen molar-refractivity contribution in [2.45, 2.75) is 13.0 Å². The third-order valence-corrected chi connectivity index (χ3v) is 1.13. The van der Waals surface area contributed by atoms with Crippen molar-refractivity contribution in [1.82, 2.24) is 10.5 Å². The molecule has 0 bridgehead atoms. The van der Waals surface area contributed by atoms with E-state index in [1.165, 1.54) is 12.3 Å². The van der Waals surface area contributed by atoms with Gasteiger partial charge in [-0.1, -0.05) is 5.16 Å². The smallest absolute Gasteiger partial charge is 0.315 e. The molecule has 12 heavy (non-hydrogen) atoms. The van der Waals surface area contributed by atoms with E-state index in [4.69, 9.17) is 0 Å². The quantitative estimate of drug-likeness (QED) is 0.731. The van der Waals surface area contributed by atoms with E-state index in [0.29, 0.717) is 5.69 Å². The van der Waals surface area contributed by atoms with Gasteiger partial charge < -0.3 is 9.84 Å². The Bertz CT molecular complexity index is 248. The molecule has 0 saturated carbocycles. The minimum Gasteiger partial charge on any atom is -0.364 e. The summed E-state index contributed by atoms with van der Waals surface area (Å²) in [5.74, 6) is -1.31. The molecule has 1 amide bonds. The summed E-state index contributed by atoms with van der Waals surface area (Å²) >= 11 is 0. The molecule has 0 fully saturated rings. The second-order valence-electron chi connectivity index (χ2n) is 2.01. The maximum atomic E-state index is 11.6. The van der Waals surface area contributed by atoms with Gasteiger partial charge in [0.2, 0.25) is 0 Å². The molecule has 66 valence electrons. The Hall–Kier alpha value is -1.46. The van der Waals surface area contributed by atoms with E-state index in [1.54, 1.807) is 0 Å². The second-order valence-corrected chi connectivity index (χ2v) is 2.01. The van der Waals surface area contributed by atoms with Crippen molar-refractivity contribution in [3.8, 4) is 0 Å². The van der Waals surface area contributed by atoms with Crippen molar-refractivity contribution in [2.24, 2.45) is 0 Å². The van der Waals surface area contributed by atoms with Crippen molar-refractivity contribution in [3.05, 3.63) is 18.0 Å². The average molecular weight is 176 g/mol. The summed E-state index contributed by atoms with van der Waals surface area (Å²) in [6.45, 7) is -0.0420. The summed E-state index contributed by atoms with van der Waals surface area (Å²) in [5, 5.41) is 5.39. The number of rotatable bonds is 3. The largest absolute Gasteiger partial charge is 0.364 e. The van der Waals surface area contributed by atoms with Crippen LogP contribution in [0.25, 0.3) is 0 Å². The van der Waals surface area contributed by atoms with Gasteiger partial charge in [-0.25, -0.2) is 0 Å². The van der Waals surface area contributed by atoms with Crippen molar-refractivity contribution < 1.29 is 18.1 Å². The number of hydrogen-bond donors (Lipinski definition) is 1. The van der Waals surface area contributed by atoms with E-state index in [-0.39, 0.29) is 6.54 Å². The normalized spacial score (nSPS) is 10.2. The highest BCUT2D eigenvalue weighted by Gasteiger charge is 2.14. The van der Waals surface area contributed by atoms with Gasteiger partial charge in [-0.05, 0) is 0 Å². The van der Waals surface area contributed by atoms with Crippen molar-refractivity contribution >= 4 is 5.91 Å². The Labute approximate surface area is 66.5 Å². The molecule has 0 radical (unpaired) electrons. The van der Waals surface area contributed by atoms with Crippen LogP contribution in [0.15, 0.2) is 16.9 Å². The molecule has 1 heterocycles. The van der Waals surface area contributed by atoms with E-state index in [0.717, 1.165) is 0 Å². The van der Waals surface area contributed by atoms with E-state index in [9.17, 15) is 13.6 Å². The predicted octanol–water partition coefficient (Wildman–Crippen LogP) is 0.556. The molecule has 0 aliphatic rings. The Kier molecular flexibility index (Phi) is 2.73. The first-order chi connectivity index (χ1) is 5.70. The highest BCUT2D eigenvalue weighted by atomic mass is 19.3. The van der Waals surface area contributed by atoms with Gasteiger partial charge in [-0.15, -0.1) is 0 Å². The summed E-state index contributed by atoms with van der Waals surface area (Å²) < 4.78 is 27.6. The Morgan fingerprint density at radius 3 is 3.00 bits per heavy atom. The molecular weight excluding hydrogens is 170 g/mol. The Morgan fingerprint density at radius 2 is 2.50 bits per heavy atom. The maximum absolute atomic E-state index is 11.6. The van der Waals surface area contributed by atoms with Crippen LogP contribution in [0.1, 0.15) is 5.69 Å². The summed E-state index contributed by atoms with van der Waals surface area (Å²) in [6, 6.07) is 1.48. The highest BCUT2D eigenvalue weighted by Crippen LogP contribution is 1.95. The van der Waals surface area contributed by atoms with E-state index in [1.807, 2.05) is 5.32 Å². The molecule has 0 saturated heterocycles. The average Bonchev–Trinajstić information content (AvgIpc) is 2.51. The fourth-order valence-electron chi connectivity index (χ4n) is 0.584. The number of amides is 1. The lowest BCUT2D eigenvalue weighted by Gasteiger charge is -1.99. The molecule has 4 nitrogen and oxygen atoms in total. The third kappa shape index (κ3) is 2.30. The standard InChI is InChI=1S/C6H6F2N2O2/c7-5(8)6(11)9-3-4-1-2-12-10-4/h1-2,5H,3H2,(H,9,11). The van der Waals surface area contributed by atoms with Crippen LogP contribution in [0, 0.1) is 0 Å². The number of carbonyl (C=O) groups excluding carboxylic acids is 1. The monoisotopic (exact) mass is 176 g/mol. The zero-order valence-electron chi connectivity index (χ0n) is 5.96. The maximum Gasteiger partial charge on any atom is 0.315 e. The van der Waals surface area contributed by atoms with Gasteiger partial charge in [0, 0.05) is 6.07 Å². The van der Waals surface area contributed by atoms with Crippen LogP contribution in [-0.2, 0) is 11.3 Å². The third-order valence-electron chi connectivity index (χ3n) is 1.13. The molecule has 0 atom stereocenters. The molecule has 1 aromatic rings. The number of halogens is 2. The molecule has 1 rings (SSSR count). The minimum atomic E-state index is -2.99. The molecule has 1 aromatic heterocycles. The molecule has 0 spiro atoms. The van der Waals surface area contributed by atoms with Gasteiger partial charge in [0.05, 0.1) is 6.54 Å². The second kappa shape index (κ2) is 3.80. The highest BCUT2D eigenvalue weighted by molar-refractivity contribution is 5.78. The Morgan fingerprint density at radius 1 is 1.75 bits per heavy atom. The molecule has 0 unspecified atom stereocenters.